The smallest absolute Gasteiger partial charge is 0.457 e. The molecule has 0 aromatic rings. The summed E-state index contributed by atoms with van der Waals surface area (Å²) in [6.07, 6.45) is 51.9. The summed E-state index contributed by atoms with van der Waals surface area (Å²) >= 11 is 0. The molecule has 0 aromatic carbocycles. The van der Waals surface area contributed by atoms with E-state index in [0.29, 0.717) is 13.0 Å². The van der Waals surface area contributed by atoms with Crippen molar-refractivity contribution in [1.29, 1.82) is 0 Å². The second-order valence-electron chi connectivity index (χ2n) is 13.1. The molecule has 0 bridgehead atoms. The zero-order chi connectivity index (χ0) is 38.8. The molecule has 0 rings (SSSR count). The lowest BCUT2D eigenvalue weighted by molar-refractivity contribution is -0.154. The quantitative estimate of drug-likeness (QED) is 0.0276. The number of hydrogen-bond donors (Lipinski definition) is 2. The average molecular weight is 762 g/mol. The van der Waals surface area contributed by atoms with Crippen molar-refractivity contribution >= 4 is 13.8 Å². The fourth-order valence-electron chi connectivity index (χ4n) is 5.09. The van der Waals surface area contributed by atoms with E-state index in [1.165, 1.54) is 51.4 Å². The molecule has 0 saturated carbocycles. The van der Waals surface area contributed by atoms with Crippen molar-refractivity contribution in [2.24, 2.45) is 5.73 Å². The molecular formula is C44H76NO7P. The Morgan fingerprint density at radius 1 is 0.585 bits per heavy atom. The van der Waals surface area contributed by atoms with E-state index in [9.17, 15) is 14.3 Å². The largest absolute Gasteiger partial charge is 0.472 e. The van der Waals surface area contributed by atoms with Gasteiger partial charge in [-0.2, -0.15) is 0 Å². The van der Waals surface area contributed by atoms with Crippen molar-refractivity contribution in [1.82, 2.24) is 0 Å². The molecule has 0 aliphatic heterocycles. The van der Waals surface area contributed by atoms with Gasteiger partial charge < -0.3 is 20.1 Å². The summed E-state index contributed by atoms with van der Waals surface area (Å²) in [5.41, 5.74) is 5.36. The minimum Gasteiger partial charge on any atom is -0.457 e. The molecule has 0 heterocycles. The van der Waals surface area contributed by atoms with E-state index < -0.39 is 13.9 Å². The van der Waals surface area contributed by atoms with Crippen LogP contribution < -0.4 is 5.73 Å². The van der Waals surface area contributed by atoms with Crippen LogP contribution in [0.25, 0.3) is 0 Å². The zero-order valence-electron chi connectivity index (χ0n) is 33.5. The highest BCUT2D eigenvalue weighted by molar-refractivity contribution is 7.47. The number of unbranched alkanes of at least 4 members (excludes halogenated alkanes) is 11. The molecule has 304 valence electrons. The van der Waals surface area contributed by atoms with Crippen LogP contribution in [-0.4, -0.2) is 49.9 Å². The Hall–Kier alpha value is -2.32. The molecule has 0 aliphatic rings. The molecule has 0 aromatic heterocycles. The zero-order valence-corrected chi connectivity index (χ0v) is 34.4. The fraction of sp³-hybridized carbons (Fsp3) is 0.659. The number of nitrogens with two attached hydrogens (primary N) is 1. The molecule has 0 radical (unpaired) electrons. The van der Waals surface area contributed by atoms with Crippen LogP contribution in [0, 0.1) is 0 Å². The minimum absolute atomic E-state index is 0.0539. The van der Waals surface area contributed by atoms with Gasteiger partial charge in [0.25, 0.3) is 0 Å². The number of hydrogen-bond acceptors (Lipinski definition) is 7. The van der Waals surface area contributed by atoms with Crippen molar-refractivity contribution in [2.45, 2.75) is 155 Å². The van der Waals surface area contributed by atoms with Crippen LogP contribution in [0.3, 0.4) is 0 Å². The second kappa shape index (κ2) is 40.9. The third-order valence-electron chi connectivity index (χ3n) is 8.07. The Bertz CT molecular complexity index is 1080. The van der Waals surface area contributed by atoms with Crippen molar-refractivity contribution in [3.8, 4) is 0 Å². The Kier molecular flexibility index (Phi) is 39.1. The Labute approximate surface area is 324 Å². The highest BCUT2D eigenvalue weighted by Crippen LogP contribution is 2.43. The van der Waals surface area contributed by atoms with Crippen LogP contribution >= 0.6 is 7.82 Å². The highest BCUT2D eigenvalue weighted by Gasteiger charge is 2.25. The predicted octanol–water partition coefficient (Wildman–Crippen LogP) is 12.1. The van der Waals surface area contributed by atoms with Gasteiger partial charge >= 0.3 is 13.8 Å². The topological polar surface area (TPSA) is 117 Å². The van der Waals surface area contributed by atoms with Gasteiger partial charge in [0.1, 0.15) is 6.10 Å². The average Bonchev–Trinajstić information content (AvgIpc) is 3.15. The fourth-order valence-corrected chi connectivity index (χ4v) is 5.85. The molecule has 2 atom stereocenters. The van der Waals surface area contributed by atoms with E-state index in [4.69, 9.17) is 24.3 Å². The first-order valence-corrected chi connectivity index (χ1v) is 22.1. The number of phosphoric ester groups is 1. The van der Waals surface area contributed by atoms with Gasteiger partial charge in [0.15, 0.2) is 0 Å². The number of allylic oxidation sites excluding steroid dienone is 13. The summed E-state index contributed by atoms with van der Waals surface area (Å²) in [6.45, 7) is 4.52. The molecule has 0 aliphatic carbocycles. The van der Waals surface area contributed by atoms with Crippen LogP contribution in [-0.2, 0) is 27.9 Å². The van der Waals surface area contributed by atoms with Crippen molar-refractivity contribution in [3.05, 3.63) is 85.1 Å². The molecular weight excluding hydrogens is 685 g/mol. The molecule has 2 unspecified atom stereocenters. The maximum atomic E-state index is 12.6. The van der Waals surface area contributed by atoms with Gasteiger partial charge in [0.05, 0.1) is 26.4 Å². The molecule has 0 saturated heterocycles. The van der Waals surface area contributed by atoms with Crippen molar-refractivity contribution in [2.75, 3.05) is 33.0 Å². The van der Waals surface area contributed by atoms with Gasteiger partial charge in [-0.1, -0.05) is 150 Å². The summed E-state index contributed by atoms with van der Waals surface area (Å²) in [5, 5.41) is 0. The maximum Gasteiger partial charge on any atom is 0.472 e. The summed E-state index contributed by atoms with van der Waals surface area (Å²) < 4.78 is 33.2. The Balaban J connectivity index is 4.20. The molecule has 0 amide bonds. The van der Waals surface area contributed by atoms with Gasteiger partial charge in [-0.3, -0.25) is 13.8 Å². The minimum atomic E-state index is -4.30. The number of ether oxygens (including phenoxy) is 2. The number of phosphoric acid groups is 1. The Morgan fingerprint density at radius 3 is 1.58 bits per heavy atom. The lowest BCUT2D eigenvalue weighted by Gasteiger charge is -2.19. The first-order chi connectivity index (χ1) is 25.9. The summed E-state index contributed by atoms with van der Waals surface area (Å²) in [6, 6.07) is 0. The lowest BCUT2D eigenvalue weighted by atomic mass is 10.1. The van der Waals surface area contributed by atoms with Crippen LogP contribution in [0.1, 0.15) is 149 Å². The number of carbonyl (C=O) groups excluding carboxylic acids is 1. The van der Waals surface area contributed by atoms with Gasteiger partial charge in [-0.05, 0) is 77.0 Å². The number of rotatable bonds is 38. The molecule has 9 heteroatoms. The first-order valence-electron chi connectivity index (χ1n) is 20.6. The normalized spacial score (nSPS) is 14.4. The first kappa shape index (κ1) is 50.7. The third kappa shape index (κ3) is 40.7. The molecule has 0 spiro atoms. The maximum absolute atomic E-state index is 12.6. The van der Waals surface area contributed by atoms with E-state index in [0.717, 1.165) is 70.6 Å². The van der Waals surface area contributed by atoms with E-state index >= 15 is 0 Å². The monoisotopic (exact) mass is 762 g/mol. The molecule has 0 fully saturated rings. The highest BCUT2D eigenvalue weighted by atomic mass is 31.2. The predicted molar refractivity (Wildman–Crippen MR) is 224 cm³/mol. The van der Waals surface area contributed by atoms with Crippen LogP contribution in [0.2, 0.25) is 0 Å². The standard InChI is InChI=1S/C44H76NO7P/c1-3-5-7-9-11-13-15-17-19-21-22-23-25-27-29-31-33-35-37-44(46)52-43(42-51-53(47,48)50-40-38-45)41-49-39-36-34-32-30-28-26-24-20-18-16-14-12-10-8-6-4-2/h6,8,12-15,18-21,26,28,32,34,43H,3-5,7,9-11,16-17,22-25,27,29-31,33,35-42,45H2,1-2H3,(H,47,48)/b8-6-,14-12-,15-13-,20-18-,21-19-,28-26-,34-32-. The summed E-state index contributed by atoms with van der Waals surface area (Å²) in [5.74, 6) is -0.367. The van der Waals surface area contributed by atoms with Gasteiger partial charge in [0.2, 0.25) is 0 Å². The van der Waals surface area contributed by atoms with E-state index in [1.54, 1.807) is 0 Å². The van der Waals surface area contributed by atoms with E-state index in [-0.39, 0.29) is 38.8 Å². The molecule has 8 nitrogen and oxygen atoms in total. The van der Waals surface area contributed by atoms with Crippen LogP contribution in [0.5, 0.6) is 0 Å². The summed E-state index contributed by atoms with van der Waals surface area (Å²) in [4.78, 5) is 22.4. The van der Waals surface area contributed by atoms with E-state index in [1.807, 2.05) is 6.08 Å². The van der Waals surface area contributed by atoms with Gasteiger partial charge in [-0.15, -0.1) is 0 Å². The van der Waals surface area contributed by atoms with E-state index in [2.05, 4.69) is 92.8 Å². The van der Waals surface area contributed by atoms with Crippen LogP contribution in [0.15, 0.2) is 85.1 Å². The van der Waals surface area contributed by atoms with Gasteiger partial charge in [0, 0.05) is 13.0 Å². The number of esters is 1. The Morgan fingerprint density at radius 2 is 1.06 bits per heavy atom. The van der Waals surface area contributed by atoms with Gasteiger partial charge in [-0.25, -0.2) is 4.57 Å². The molecule has 3 N–H and O–H groups in total. The van der Waals surface area contributed by atoms with Crippen LogP contribution in [0.4, 0.5) is 0 Å². The molecule has 53 heavy (non-hydrogen) atoms. The van der Waals surface area contributed by atoms with Crippen molar-refractivity contribution < 1.29 is 32.8 Å². The lowest BCUT2D eigenvalue weighted by Crippen LogP contribution is -2.28. The third-order valence-corrected chi connectivity index (χ3v) is 9.05. The second-order valence-corrected chi connectivity index (χ2v) is 14.6. The number of carbonyl (C=O) groups is 1. The summed E-state index contributed by atoms with van der Waals surface area (Å²) in [7, 11) is -4.30. The van der Waals surface area contributed by atoms with Crippen molar-refractivity contribution in [3.63, 3.8) is 0 Å². The SMILES string of the molecule is CC/C=C\C/C=C\C/C=C\C/C=C\C/C=C\CCOCC(COP(=O)(O)OCCN)OC(=O)CCCCCCCCC/C=C\C/C=C\CCCCCC.